The minimum Gasteiger partial charge on any atom is -0.448 e. The Labute approximate surface area is 136 Å². The smallest absolute Gasteiger partial charge is 0.349 e. The Kier molecular flexibility index (Phi) is 5.07. The molecule has 1 N–H and O–H groups in total. The Morgan fingerprint density at radius 3 is 2.61 bits per heavy atom. The largest absolute Gasteiger partial charge is 0.448 e. The first-order chi connectivity index (χ1) is 10.9. The number of aryl methyl sites for hydroxylation is 1. The molecule has 1 aromatic heterocycles. The molecule has 0 radical (unpaired) electrons. The number of para-hydroxylation sites is 2. The summed E-state index contributed by atoms with van der Waals surface area (Å²) in [7, 11) is 0. The maximum Gasteiger partial charge on any atom is 0.349 e. The number of rotatable bonds is 5. The van der Waals surface area contributed by atoms with Crippen LogP contribution in [0, 0.1) is 17.0 Å². The number of nitrogens with zero attached hydrogens (tertiary/aromatic N) is 1. The quantitative estimate of drug-likeness (QED) is 0.514. The molecule has 1 heterocycles. The lowest BCUT2D eigenvalue weighted by atomic mass is 10.2. The minimum atomic E-state index is -1.08. The number of nitro benzene ring substituents is 1. The molecule has 0 saturated heterocycles. The van der Waals surface area contributed by atoms with Crippen LogP contribution in [0.2, 0.25) is 0 Å². The molecule has 0 bridgehead atoms. The van der Waals surface area contributed by atoms with Gasteiger partial charge in [0.25, 0.3) is 11.6 Å². The predicted molar refractivity (Wildman–Crippen MR) is 85.7 cm³/mol. The number of carbonyl (C=O) groups excluding carboxylic acids is 2. The van der Waals surface area contributed by atoms with E-state index in [0.717, 1.165) is 5.56 Å². The molecule has 0 aliphatic carbocycles. The van der Waals surface area contributed by atoms with Gasteiger partial charge in [0.05, 0.1) is 4.92 Å². The fourth-order valence-electron chi connectivity index (χ4n) is 1.82. The van der Waals surface area contributed by atoms with Crippen molar-refractivity contribution >= 4 is 34.6 Å². The molecule has 2 aromatic rings. The van der Waals surface area contributed by atoms with Crippen LogP contribution in [-0.4, -0.2) is 22.9 Å². The molecule has 1 aromatic carbocycles. The maximum atomic E-state index is 12.1. The average Bonchev–Trinajstić information content (AvgIpc) is 2.93. The highest BCUT2D eigenvalue weighted by Crippen LogP contribution is 2.23. The number of esters is 1. The van der Waals surface area contributed by atoms with Crippen molar-refractivity contribution in [3.63, 3.8) is 0 Å². The average molecular weight is 334 g/mol. The summed E-state index contributed by atoms with van der Waals surface area (Å²) in [6.45, 7) is 3.18. The lowest BCUT2D eigenvalue weighted by Crippen LogP contribution is -2.30. The van der Waals surface area contributed by atoms with E-state index < -0.39 is 22.9 Å². The topological polar surface area (TPSA) is 98.5 Å². The standard InChI is InChI=1S/C15H14N2O5S/c1-9-7-8-23-13(9)15(19)22-10(2)14(18)16-11-5-3-4-6-12(11)17(20)21/h3-8,10H,1-2H3,(H,16,18)/t10-/m1/s1. The third-order valence-corrected chi connectivity index (χ3v) is 4.06. The first-order valence-electron chi connectivity index (χ1n) is 6.69. The summed E-state index contributed by atoms with van der Waals surface area (Å²) in [6.07, 6.45) is -1.08. The molecule has 0 spiro atoms. The predicted octanol–water partition coefficient (Wildman–Crippen LogP) is 3.15. The number of amides is 1. The van der Waals surface area contributed by atoms with Crippen LogP contribution in [0.4, 0.5) is 11.4 Å². The molecule has 8 heteroatoms. The molecule has 0 saturated carbocycles. The normalized spacial score (nSPS) is 11.6. The number of nitrogens with one attached hydrogen (secondary N) is 1. The van der Waals surface area contributed by atoms with Gasteiger partial charge in [-0.15, -0.1) is 11.3 Å². The molecule has 120 valence electrons. The van der Waals surface area contributed by atoms with Gasteiger partial charge >= 0.3 is 5.97 Å². The van der Waals surface area contributed by atoms with Crippen LogP contribution < -0.4 is 5.32 Å². The SMILES string of the molecule is Cc1ccsc1C(=O)O[C@H](C)C(=O)Nc1ccccc1[N+](=O)[O-]. The van der Waals surface area contributed by atoms with Crippen LogP contribution in [0.3, 0.4) is 0 Å². The van der Waals surface area contributed by atoms with E-state index in [-0.39, 0.29) is 11.4 Å². The summed E-state index contributed by atoms with van der Waals surface area (Å²) < 4.78 is 5.10. The van der Waals surface area contributed by atoms with Crippen molar-refractivity contribution in [1.29, 1.82) is 0 Å². The fourth-order valence-corrected chi connectivity index (χ4v) is 2.63. The van der Waals surface area contributed by atoms with Crippen LogP contribution in [0.15, 0.2) is 35.7 Å². The number of ether oxygens (including phenoxy) is 1. The van der Waals surface area contributed by atoms with Crippen molar-refractivity contribution in [2.24, 2.45) is 0 Å². The third kappa shape index (κ3) is 3.92. The van der Waals surface area contributed by atoms with Crippen LogP contribution in [-0.2, 0) is 9.53 Å². The molecule has 7 nitrogen and oxygen atoms in total. The van der Waals surface area contributed by atoms with E-state index in [2.05, 4.69) is 5.32 Å². The van der Waals surface area contributed by atoms with Gasteiger partial charge in [-0.05, 0) is 36.9 Å². The first-order valence-corrected chi connectivity index (χ1v) is 7.57. The van der Waals surface area contributed by atoms with Crippen molar-refractivity contribution < 1.29 is 19.2 Å². The van der Waals surface area contributed by atoms with Crippen LogP contribution in [0.5, 0.6) is 0 Å². The molecule has 0 aliphatic heterocycles. The van der Waals surface area contributed by atoms with E-state index in [0.29, 0.717) is 4.88 Å². The number of hydrogen-bond acceptors (Lipinski definition) is 6. The number of anilines is 1. The first kappa shape index (κ1) is 16.6. The monoisotopic (exact) mass is 334 g/mol. The lowest BCUT2D eigenvalue weighted by molar-refractivity contribution is -0.383. The van der Waals surface area contributed by atoms with Gasteiger partial charge in [-0.1, -0.05) is 12.1 Å². The highest BCUT2D eigenvalue weighted by Gasteiger charge is 2.23. The van der Waals surface area contributed by atoms with Crippen LogP contribution >= 0.6 is 11.3 Å². The highest BCUT2D eigenvalue weighted by molar-refractivity contribution is 7.12. The summed E-state index contributed by atoms with van der Waals surface area (Å²) in [5.74, 6) is -1.23. The van der Waals surface area contributed by atoms with E-state index >= 15 is 0 Å². The Bertz CT molecular complexity index is 756. The maximum absolute atomic E-state index is 12.1. The number of benzene rings is 1. The third-order valence-electron chi connectivity index (χ3n) is 3.06. The second-order valence-electron chi connectivity index (χ2n) is 4.74. The molecule has 1 atom stereocenters. The minimum absolute atomic E-state index is 0.0534. The summed E-state index contributed by atoms with van der Waals surface area (Å²) in [5, 5.41) is 15.1. The Balaban J connectivity index is 2.05. The van der Waals surface area contributed by atoms with Gasteiger partial charge in [0.15, 0.2) is 6.10 Å². The van der Waals surface area contributed by atoms with Gasteiger partial charge in [0, 0.05) is 6.07 Å². The number of thiophene rings is 1. The second-order valence-corrected chi connectivity index (χ2v) is 5.66. The van der Waals surface area contributed by atoms with Crippen molar-refractivity contribution in [2.45, 2.75) is 20.0 Å². The zero-order chi connectivity index (χ0) is 17.0. The van der Waals surface area contributed by atoms with Crippen molar-refractivity contribution in [3.8, 4) is 0 Å². The summed E-state index contributed by atoms with van der Waals surface area (Å²) >= 11 is 1.23. The summed E-state index contributed by atoms with van der Waals surface area (Å²) in [5.41, 5.74) is 0.595. The molecular weight excluding hydrogens is 320 g/mol. The van der Waals surface area contributed by atoms with Crippen molar-refractivity contribution in [1.82, 2.24) is 0 Å². The molecule has 2 rings (SSSR count). The van der Waals surface area contributed by atoms with Gasteiger partial charge < -0.3 is 10.1 Å². The number of hydrogen-bond donors (Lipinski definition) is 1. The van der Waals surface area contributed by atoms with E-state index in [9.17, 15) is 19.7 Å². The van der Waals surface area contributed by atoms with Gasteiger partial charge in [-0.25, -0.2) is 4.79 Å². The molecule has 0 unspecified atom stereocenters. The molecule has 1 amide bonds. The zero-order valence-electron chi connectivity index (χ0n) is 12.4. The van der Waals surface area contributed by atoms with Crippen LogP contribution in [0.1, 0.15) is 22.2 Å². The fraction of sp³-hybridized carbons (Fsp3) is 0.200. The van der Waals surface area contributed by atoms with E-state index in [4.69, 9.17) is 4.74 Å². The van der Waals surface area contributed by atoms with E-state index in [1.807, 2.05) is 0 Å². The van der Waals surface area contributed by atoms with Crippen molar-refractivity contribution in [2.75, 3.05) is 5.32 Å². The Morgan fingerprint density at radius 2 is 2.00 bits per heavy atom. The summed E-state index contributed by atoms with van der Waals surface area (Å²) in [6, 6.07) is 7.53. The van der Waals surface area contributed by atoms with E-state index in [1.54, 1.807) is 24.4 Å². The second kappa shape index (κ2) is 7.01. The van der Waals surface area contributed by atoms with Gasteiger partial charge in [-0.3, -0.25) is 14.9 Å². The molecule has 23 heavy (non-hydrogen) atoms. The molecular formula is C15H14N2O5S. The van der Waals surface area contributed by atoms with Crippen molar-refractivity contribution in [3.05, 3.63) is 56.3 Å². The van der Waals surface area contributed by atoms with Gasteiger partial charge in [0.2, 0.25) is 0 Å². The highest BCUT2D eigenvalue weighted by atomic mass is 32.1. The zero-order valence-corrected chi connectivity index (χ0v) is 13.3. The number of carbonyl (C=O) groups is 2. The Morgan fingerprint density at radius 1 is 1.30 bits per heavy atom. The lowest BCUT2D eigenvalue weighted by Gasteiger charge is -2.13. The van der Waals surface area contributed by atoms with Gasteiger partial charge in [0.1, 0.15) is 10.6 Å². The Hall–Kier alpha value is -2.74. The summed E-state index contributed by atoms with van der Waals surface area (Å²) in [4.78, 5) is 34.8. The van der Waals surface area contributed by atoms with E-state index in [1.165, 1.54) is 36.5 Å². The molecule has 0 fully saturated rings. The molecule has 0 aliphatic rings. The van der Waals surface area contributed by atoms with Crippen LogP contribution in [0.25, 0.3) is 0 Å². The number of nitro groups is 1. The van der Waals surface area contributed by atoms with Gasteiger partial charge in [-0.2, -0.15) is 0 Å².